The average molecular weight is 154 g/mol. The van der Waals surface area contributed by atoms with Crippen LogP contribution in [0.5, 0.6) is 0 Å². The van der Waals surface area contributed by atoms with E-state index in [2.05, 4.69) is 13.8 Å². The summed E-state index contributed by atoms with van der Waals surface area (Å²) in [6, 6.07) is 0. The fourth-order valence-corrected chi connectivity index (χ4v) is 1.11. The van der Waals surface area contributed by atoms with E-state index in [-0.39, 0.29) is 0 Å². The Morgan fingerprint density at radius 2 is 1.91 bits per heavy atom. The summed E-state index contributed by atoms with van der Waals surface area (Å²) in [5.74, 6) is 0. The lowest BCUT2D eigenvalue weighted by atomic mass is 10.0. The number of allylic oxidation sites excluding steroid dienone is 2. The standard InChI is InChI=1S/C10H18O/c1-3-5-7-10(6-4-2)8-9-11/h8-9H,3-7H2,1-2H3/b10-8-. The van der Waals surface area contributed by atoms with Gasteiger partial charge in [-0.1, -0.05) is 32.3 Å². The second-order valence-electron chi connectivity index (χ2n) is 2.81. The number of unbranched alkanes of at least 4 members (excludes halogenated alkanes) is 1. The van der Waals surface area contributed by atoms with E-state index < -0.39 is 0 Å². The average Bonchev–Trinajstić information content (AvgIpc) is 2.01. The maximum Gasteiger partial charge on any atom is 0.142 e. The number of hydrogen-bond donors (Lipinski definition) is 0. The number of rotatable bonds is 6. The van der Waals surface area contributed by atoms with Crippen LogP contribution in [-0.2, 0) is 4.79 Å². The quantitative estimate of drug-likeness (QED) is 0.424. The van der Waals surface area contributed by atoms with Gasteiger partial charge in [0.15, 0.2) is 0 Å². The minimum atomic E-state index is 0.903. The zero-order valence-electron chi connectivity index (χ0n) is 7.60. The SMILES string of the molecule is CCCC/C(=C\C=O)CCC. The van der Waals surface area contributed by atoms with Crippen molar-refractivity contribution in [3.05, 3.63) is 11.6 Å². The Hall–Kier alpha value is -0.590. The van der Waals surface area contributed by atoms with Crippen molar-refractivity contribution in [2.24, 2.45) is 0 Å². The summed E-state index contributed by atoms with van der Waals surface area (Å²) in [4.78, 5) is 10.2. The molecule has 0 saturated heterocycles. The molecule has 0 saturated carbocycles. The van der Waals surface area contributed by atoms with Gasteiger partial charge in [0.25, 0.3) is 0 Å². The second kappa shape index (κ2) is 7.52. The molecule has 0 bridgehead atoms. The lowest BCUT2D eigenvalue weighted by Crippen LogP contribution is -1.84. The Balaban J connectivity index is 3.69. The highest BCUT2D eigenvalue weighted by Crippen LogP contribution is 2.12. The predicted octanol–water partition coefficient (Wildman–Crippen LogP) is 3.10. The van der Waals surface area contributed by atoms with Crippen LogP contribution < -0.4 is 0 Å². The Bertz CT molecular complexity index is 125. The number of aldehydes is 1. The first kappa shape index (κ1) is 10.4. The second-order valence-corrected chi connectivity index (χ2v) is 2.81. The first-order chi connectivity index (χ1) is 5.35. The molecule has 1 heteroatoms. The summed E-state index contributed by atoms with van der Waals surface area (Å²) >= 11 is 0. The molecule has 0 amide bonds. The number of carbonyl (C=O) groups excluding carboxylic acids is 1. The van der Waals surface area contributed by atoms with Crippen LogP contribution in [0.3, 0.4) is 0 Å². The van der Waals surface area contributed by atoms with E-state index in [1.54, 1.807) is 6.08 Å². The molecule has 0 heterocycles. The molecule has 0 radical (unpaired) electrons. The van der Waals surface area contributed by atoms with Crippen LogP contribution in [-0.4, -0.2) is 6.29 Å². The van der Waals surface area contributed by atoms with Crippen molar-refractivity contribution in [2.75, 3.05) is 0 Å². The van der Waals surface area contributed by atoms with Gasteiger partial charge in [0, 0.05) is 0 Å². The smallest absolute Gasteiger partial charge is 0.142 e. The van der Waals surface area contributed by atoms with E-state index in [1.165, 1.54) is 18.4 Å². The Morgan fingerprint density at radius 3 is 2.36 bits per heavy atom. The van der Waals surface area contributed by atoms with Crippen LogP contribution in [0.4, 0.5) is 0 Å². The van der Waals surface area contributed by atoms with Gasteiger partial charge in [-0.2, -0.15) is 0 Å². The molecule has 0 spiro atoms. The van der Waals surface area contributed by atoms with Gasteiger partial charge in [-0.3, -0.25) is 4.79 Å². The van der Waals surface area contributed by atoms with E-state index in [4.69, 9.17) is 0 Å². The molecule has 1 nitrogen and oxygen atoms in total. The van der Waals surface area contributed by atoms with E-state index in [1.807, 2.05) is 0 Å². The molecule has 0 aliphatic rings. The molecule has 0 N–H and O–H groups in total. The molecule has 0 aliphatic carbocycles. The van der Waals surface area contributed by atoms with Crippen LogP contribution in [0.1, 0.15) is 46.0 Å². The first-order valence-electron chi connectivity index (χ1n) is 4.48. The van der Waals surface area contributed by atoms with Crippen molar-refractivity contribution in [1.82, 2.24) is 0 Å². The lowest BCUT2D eigenvalue weighted by molar-refractivity contribution is -0.104. The third kappa shape index (κ3) is 5.84. The van der Waals surface area contributed by atoms with Gasteiger partial charge < -0.3 is 0 Å². The van der Waals surface area contributed by atoms with E-state index in [0.717, 1.165) is 25.5 Å². The highest BCUT2D eigenvalue weighted by Gasteiger charge is 1.93. The molecular weight excluding hydrogens is 136 g/mol. The van der Waals surface area contributed by atoms with Gasteiger partial charge in [0.1, 0.15) is 6.29 Å². The van der Waals surface area contributed by atoms with Crippen LogP contribution in [0.2, 0.25) is 0 Å². The van der Waals surface area contributed by atoms with Crippen LogP contribution in [0.25, 0.3) is 0 Å². The van der Waals surface area contributed by atoms with E-state index >= 15 is 0 Å². The largest absolute Gasteiger partial charge is 0.299 e. The molecule has 0 aromatic heterocycles. The number of hydrogen-bond acceptors (Lipinski definition) is 1. The van der Waals surface area contributed by atoms with Gasteiger partial charge in [-0.15, -0.1) is 0 Å². The molecule has 0 fully saturated rings. The van der Waals surface area contributed by atoms with Crippen LogP contribution >= 0.6 is 0 Å². The molecule has 0 unspecified atom stereocenters. The van der Waals surface area contributed by atoms with Crippen LogP contribution in [0.15, 0.2) is 11.6 Å². The highest BCUT2D eigenvalue weighted by atomic mass is 16.1. The van der Waals surface area contributed by atoms with Crippen molar-refractivity contribution in [3.63, 3.8) is 0 Å². The van der Waals surface area contributed by atoms with Gasteiger partial charge in [-0.25, -0.2) is 0 Å². The molecule has 0 aromatic rings. The molecule has 64 valence electrons. The summed E-state index contributed by atoms with van der Waals surface area (Å²) < 4.78 is 0. The highest BCUT2D eigenvalue weighted by molar-refractivity contribution is 5.66. The summed E-state index contributed by atoms with van der Waals surface area (Å²) in [7, 11) is 0. The van der Waals surface area contributed by atoms with Crippen molar-refractivity contribution < 1.29 is 4.79 Å². The summed E-state index contributed by atoms with van der Waals surface area (Å²) in [6.07, 6.45) is 8.37. The fraction of sp³-hybridized carbons (Fsp3) is 0.700. The summed E-state index contributed by atoms with van der Waals surface area (Å²) in [6.45, 7) is 4.31. The van der Waals surface area contributed by atoms with Gasteiger partial charge in [0.05, 0.1) is 0 Å². The van der Waals surface area contributed by atoms with E-state index in [9.17, 15) is 4.79 Å². The summed E-state index contributed by atoms with van der Waals surface area (Å²) in [5.41, 5.74) is 1.31. The third-order valence-corrected chi connectivity index (χ3v) is 1.73. The molecule has 11 heavy (non-hydrogen) atoms. The molecule has 0 aromatic carbocycles. The number of carbonyl (C=O) groups is 1. The lowest BCUT2D eigenvalue weighted by Gasteiger charge is -2.01. The topological polar surface area (TPSA) is 17.1 Å². The Kier molecular flexibility index (Phi) is 7.11. The zero-order chi connectivity index (χ0) is 8.53. The molecule has 0 rings (SSSR count). The van der Waals surface area contributed by atoms with E-state index in [0.29, 0.717) is 0 Å². The maximum absolute atomic E-state index is 10.2. The fourth-order valence-electron chi connectivity index (χ4n) is 1.11. The third-order valence-electron chi connectivity index (χ3n) is 1.73. The van der Waals surface area contributed by atoms with Crippen molar-refractivity contribution in [1.29, 1.82) is 0 Å². The van der Waals surface area contributed by atoms with Gasteiger partial charge in [-0.05, 0) is 25.3 Å². The first-order valence-corrected chi connectivity index (χ1v) is 4.48. The van der Waals surface area contributed by atoms with Crippen molar-refractivity contribution >= 4 is 6.29 Å². The Labute approximate surface area is 69.5 Å². The molecular formula is C10H18O. The van der Waals surface area contributed by atoms with Gasteiger partial charge >= 0.3 is 0 Å². The monoisotopic (exact) mass is 154 g/mol. The van der Waals surface area contributed by atoms with Crippen molar-refractivity contribution in [2.45, 2.75) is 46.0 Å². The summed E-state index contributed by atoms with van der Waals surface area (Å²) in [5, 5.41) is 0. The minimum Gasteiger partial charge on any atom is -0.299 e. The molecule has 0 atom stereocenters. The van der Waals surface area contributed by atoms with Crippen LogP contribution in [0, 0.1) is 0 Å². The Morgan fingerprint density at radius 1 is 1.18 bits per heavy atom. The normalized spacial score (nSPS) is 11.6. The van der Waals surface area contributed by atoms with Gasteiger partial charge in [0.2, 0.25) is 0 Å². The maximum atomic E-state index is 10.2. The minimum absolute atomic E-state index is 0.903. The molecule has 0 aliphatic heterocycles. The zero-order valence-corrected chi connectivity index (χ0v) is 7.60. The van der Waals surface area contributed by atoms with Crippen molar-refractivity contribution in [3.8, 4) is 0 Å². The predicted molar refractivity (Wildman–Crippen MR) is 48.6 cm³/mol.